The topological polar surface area (TPSA) is 46.6 Å². The number of hydrogen-bond donors (Lipinski definition) is 1. The Hall–Kier alpha value is -1.39. The standard InChI is InChI=1S/C17H26N4/c1-13(2)20-7-4-3-5-15(20)10-17-19-12-16-9-14(11-18)6-8-21(16)17/h6,8-9,12-13,15H,3-5,7,10-11,18H2,1-2H3. The van der Waals surface area contributed by atoms with E-state index in [2.05, 4.69) is 46.5 Å². The first-order chi connectivity index (χ1) is 10.2. The monoisotopic (exact) mass is 286 g/mol. The molecule has 0 aromatic carbocycles. The minimum atomic E-state index is 0.584. The first-order valence-corrected chi connectivity index (χ1v) is 8.09. The van der Waals surface area contributed by atoms with Gasteiger partial charge >= 0.3 is 0 Å². The molecular weight excluding hydrogens is 260 g/mol. The summed E-state index contributed by atoms with van der Waals surface area (Å²) in [7, 11) is 0. The van der Waals surface area contributed by atoms with Crippen molar-refractivity contribution in [3.63, 3.8) is 0 Å². The van der Waals surface area contributed by atoms with E-state index in [0.29, 0.717) is 18.6 Å². The lowest BCUT2D eigenvalue weighted by atomic mass is 9.97. The van der Waals surface area contributed by atoms with E-state index in [4.69, 9.17) is 5.73 Å². The third kappa shape index (κ3) is 2.97. The molecule has 0 spiro atoms. The van der Waals surface area contributed by atoms with Gasteiger partial charge in [-0.15, -0.1) is 0 Å². The summed E-state index contributed by atoms with van der Waals surface area (Å²) in [5, 5.41) is 0. The molecule has 114 valence electrons. The molecule has 1 fully saturated rings. The van der Waals surface area contributed by atoms with Crippen LogP contribution in [0.15, 0.2) is 24.5 Å². The molecule has 3 rings (SSSR count). The maximum Gasteiger partial charge on any atom is 0.114 e. The van der Waals surface area contributed by atoms with Gasteiger partial charge in [-0.2, -0.15) is 0 Å². The molecule has 2 N–H and O–H groups in total. The van der Waals surface area contributed by atoms with E-state index in [1.54, 1.807) is 0 Å². The number of aromatic nitrogens is 2. The number of nitrogens with two attached hydrogens (primary N) is 1. The second kappa shape index (κ2) is 6.16. The van der Waals surface area contributed by atoms with E-state index >= 15 is 0 Å². The molecule has 1 unspecified atom stereocenters. The molecule has 1 aliphatic rings. The van der Waals surface area contributed by atoms with Crippen LogP contribution in [0.2, 0.25) is 0 Å². The zero-order valence-corrected chi connectivity index (χ0v) is 13.1. The zero-order chi connectivity index (χ0) is 14.8. The Morgan fingerprint density at radius 2 is 2.24 bits per heavy atom. The van der Waals surface area contributed by atoms with E-state index in [9.17, 15) is 0 Å². The van der Waals surface area contributed by atoms with Crippen LogP contribution in [-0.4, -0.2) is 32.9 Å². The molecule has 2 aromatic rings. The Bertz CT molecular complexity index is 602. The van der Waals surface area contributed by atoms with E-state index in [1.807, 2.05) is 6.20 Å². The van der Waals surface area contributed by atoms with Gasteiger partial charge in [0.2, 0.25) is 0 Å². The Kier molecular flexibility index (Phi) is 4.27. The molecule has 0 bridgehead atoms. The molecule has 1 aliphatic heterocycles. The quantitative estimate of drug-likeness (QED) is 0.939. The van der Waals surface area contributed by atoms with Crippen molar-refractivity contribution >= 4 is 5.52 Å². The zero-order valence-electron chi connectivity index (χ0n) is 13.1. The largest absolute Gasteiger partial charge is 0.326 e. The van der Waals surface area contributed by atoms with Crippen molar-refractivity contribution in [1.82, 2.24) is 14.3 Å². The molecular formula is C17H26N4. The van der Waals surface area contributed by atoms with Crippen LogP contribution in [0.4, 0.5) is 0 Å². The highest BCUT2D eigenvalue weighted by atomic mass is 15.2. The van der Waals surface area contributed by atoms with Gasteiger partial charge in [0.25, 0.3) is 0 Å². The minimum Gasteiger partial charge on any atom is -0.326 e. The summed E-state index contributed by atoms with van der Waals surface area (Å²) in [6, 6.07) is 5.47. The molecule has 1 saturated heterocycles. The van der Waals surface area contributed by atoms with E-state index in [0.717, 1.165) is 17.5 Å². The van der Waals surface area contributed by atoms with Crippen molar-refractivity contribution in [2.45, 2.75) is 58.2 Å². The van der Waals surface area contributed by atoms with E-state index in [1.165, 1.54) is 31.6 Å². The Morgan fingerprint density at radius 3 is 3.00 bits per heavy atom. The van der Waals surface area contributed by atoms with E-state index in [-0.39, 0.29) is 0 Å². The van der Waals surface area contributed by atoms with Crippen LogP contribution >= 0.6 is 0 Å². The molecule has 4 nitrogen and oxygen atoms in total. The average Bonchev–Trinajstić information content (AvgIpc) is 2.90. The van der Waals surface area contributed by atoms with Crippen LogP contribution in [0.25, 0.3) is 5.52 Å². The fourth-order valence-electron chi connectivity index (χ4n) is 3.51. The number of nitrogens with zero attached hydrogens (tertiary/aromatic N) is 3. The van der Waals surface area contributed by atoms with Crippen molar-refractivity contribution in [2.75, 3.05) is 6.54 Å². The summed E-state index contributed by atoms with van der Waals surface area (Å²) in [5.41, 5.74) is 8.03. The third-order valence-corrected chi connectivity index (χ3v) is 4.66. The fraction of sp³-hybridized carbons (Fsp3) is 0.588. The van der Waals surface area contributed by atoms with Crippen LogP contribution in [-0.2, 0) is 13.0 Å². The van der Waals surface area contributed by atoms with Gasteiger partial charge in [-0.1, -0.05) is 6.42 Å². The van der Waals surface area contributed by atoms with Crippen molar-refractivity contribution in [3.8, 4) is 0 Å². The first-order valence-electron chi connectivity index (χ1n) is 8.09. The van der Waals surface area contributed by atoms with Crippen molar-refractivity contribution in [1.29, 1.82) is 0 Å². The Labute approximate surface area is 127 Å². The summed E-state index contributed by atoms with van der Waals surface area (Å²) in [5.74, 6) is 1.17. The van der Waals surface area contributed by atoms with Crippen LogP contribution in [0.3, 0.4) is 0 Å². The lowest BCUT2D eigenvalue weighted by Crippen LogP contribution is -2.45. The molecule has 2 aromatic heterocycles. The number of hydrogen-bond acceptors (Lipinski definition) is 3. The Morgan fingerprint density at radius 1 is 1.38 bits per heavy atom. The highest BCUT2D eigenvalue weighted by molar-refractivity contribution is 5.48. The van der Waals surface area contributed by atoms with Crippen molar-refractivity contribution < 1.29 is 0 Å². The summed E-state index contributed by atoms with van der Waals surface area (Å²) >= 11 is 0. The van der Waals surface area contributed by atoms with Crippen LogP contribution in [0.5, 0.6) is 0 Å². The summed E-state index contributed by atoms with van der Waals surface area (Å²) in [6.45, 7) is 6.41. The molecule has 1 atom stereocenters. The van der Waals surface area contributed by atoms with Gasteiger partial charge < -0.3 is 10.1 Å². The van der Waals surface area contributed by atoms with Gasteiger partial charge in [0.05, 0.1) is 11.7 Å². The molecule has 0 saturated carbocycles. The number of piperidine rings is 1. The van der Waals surface area contributed by atoms with Gasteiger partial charge in [-0.3, -0.25) is 4.90 Å². The second-order valence-corrected chi connectivity index (χ2v) is 6.39. The molecule has 0 radical (unpaired) electrons. The van der Waals surface area contributed by atoms with E-state index < -0.39 is 0 Å². The van der Waals surface area contributed by atoms with Crippen molar-refractivity contribution in [2.24, 2.45) is 5.73 Å². The van der Waals surface area contributed by atoms with Gasteiger partial charge in [-0.05, 0) is 50.9 Å². The highest BCUT2D eigenvalue weighted by Crippen LogP contribution is 2.23. The lowest BCUT2D eigenvalue weighted by molar-refractivity contribution is 0.110. The number of rotatable bonds is 4. The maximum absolute atomic E-state index is 5.71. The highest BCUT2D eigenvalue weighted by Gasteiger charge is 2.25. The fourth-order valence-corrected chi connectivity index (χ4v) is 3.51. The van der Waals surface area contributed by atoms with Crippen LogP contribution < -0.4 is 5.73 Å². The predicted octanol–water partition coefficient (Wildman–Crippen LogP) is 2.60. The van der Waals surface area contributed by atoms with Crippen molar-refractivity contribution in [3.05, 3.63) is 35.9 Å². The summed E-state index contributed by atoms with van der Waals surface area (Å²) in [4.78, 5) is 7.29. The average molecular weight is 286 g/mol. The molecule has 21 heavy (non-hydrogen) atoms. The number of imidazole rings is 1. The summed E-state index contributed by atoms with van der Waals surface area (Å²) in [6.07, 6.45) is 9.08. The SMILES string of the molecule is CC(C)N1CCCCC1Cc1ncc2cc(CN)ccn12. The van der Waals surface area contributed by atoms with Gasteiger partial charge in [0.15, 0.2) is 0 Å². The van der Waals surface area contributed by atoms with Gasteiger partial charge in [0, 0.05) is 31.2 Å². The molecule has 3 heterocycles. The van der Waals surface area contributed by atoms with Crippen LogP contribution in [0, 0.1) is 0 Å². The molecule has 0 aliphatic carbocycles. The number of fused-ring (bicyclic) bond motifs is 1. The summed E-state index contributed by atoms with van der Waals surface area (Å²) < 4.78 is 2.21. The number of likely N-dealkylation sites (tertiary alicyclic amines) is 1. The minimum absolute atomic E-state index is 0.584. The predicted molar refractivity (Wildman–Crippen MR) is 86.3 cm³/mol. The van der Waals surface area contributed by atoms with Gasteiger partial charge in [0.1, 0.15) is 5.82 Å². The maximum atomic E-state index is 5.71. The first kappa shape index (κ1) is 14.5. The molecule has 0 amide bonds. The van der Waals surface area contributed by atoms with Gasteiger partial charge in [-0.25, -0.2) is 4.98 Å². The normalized spacial score (nSPS) is 20.5. The number of pyridine rings is 1. The smallest absolute Gasteiger partial charge is 0.114 e. The molecule has 4 heteroatoms. The third-order valence-electron chi connectivity index (χ3n) is 4.66. The Balaban J connectivity index is 1.83. The lowest BCUT2D eigenvalue weighted by Gasteiger charge is -2.38. The second-order valence-electron chi connectivity index (χ2n) is 6.39. The van der Waals surface area contributed by atoms with Crippen LogP contribution in [0.1, 0.15) is 44.5 Å².